The van der Waals surface area contributed by atoms with Crippen LogP contribution in [0.25, 0.3) is 22.0 Å². The van der Waals surface area contributed by atoms with Crippen molar-refractivity contribution in [2.45, 2.75) is 6.54 Å². The summed E-state index contributed by atoms with van der Waals surface area (Å²) in [4.78, 5) is 6.17. The van der Waals surface area contributed by atoms with E-state index in [1.165, 1.54) is 0 Å². The molecular weight excluding hydrogens is 310 g/mol. The topological polar surface area (TPSA) is 74.3 Å². The highest BCUT2D eigenvalue weighted by Crippen LogP contribution is 2.23. The average Bonchev–Trinajstić information content (AvgIpc) is 3.29. The van der Waals surface area contributed by atoms with Crippen LogP contribution in [0.2, 0.25) is 0 Å². The largest absolute Gasteiger partial charge is 0.275 e. The van der Waals surface area contributed by atoms with Gasteiger partial charge in [0, 0.05) is 29.8 Å². The summed E-state index contributed by atoms with van der Waals surface area (Å²) < 4.78 is 1.77. The van der Waals surface area contributed by atoms with Gasteiger partial charge >= 0.3 is 0 Å². The van der Waals surface area contributed by atoms with Gasteiger partial charge in [0.1, 0.15) is 11.6 Å². The predicted octanol–water partition coefficient (Wildman–Crippen LogP) is 2.25. The van der Waals surface area contributed by atoms with Crippen LogP contribution >= 0.6 is 11.3 Å². The Bertz CT molecular complexity index is 922. The number of hydrogen-bond donors (Lipinski definition) is 0. The molecule has 1 aromatic carbocycles. The molecule has 7 nitrogen and oxygen atoms in total. The maximum Gasteiger partial charge on any atom is 0.204 e. The molecule has 0 amide bonds. The summed E-state index contributed by atoms with van der Waals surface area (Å²) in [6.07, 6.45) is 3.76. The molecule has 0 saturated heterocycles. The number of benzene rings is 1. The molecule has 0 N–H and O–H groups in total. The van der Waals surface area contributed by atoms with Crippen molar-refractivity contribution >= 4 is 11.3 Å². The van der Waals surface area contributed by atoms with Crippen LogP contribution in [0.4, 0.5) is 0 Å². The Morgan fingerprint density at radius 1 is 1.13 bits per heavy atom. The number of aromatic nitrogens is 7. The smallest absolute Gasteiger partial charge is 0.204 e. The monoisotopic (exact) mass is 323 g/mol. The number of nitrogens with zero attached hydrogens (tertiary/aromatic N) is 7. The van der Waals surface area contributed by atoms with Gasteiger partial charge < -0.3 is 0 Å². The van der Waals surface area contributed by atoms with Crippen LogP contribution in [-0.2, 0) is 13.6 Å². The van der Waals surface area contributed by atoms with Crippen LogP contribution < -0.4 is 0 Å². The third-order valence-electron chi connectivity index (χ3n) is 3.29. The van der Waals surface area contributed by atoms with Gasteiger partial charge in [-0.05, 0) is 5.21 Å². The third kappa shape index (κ3) is 2.88. The minimum atomic E-state index is 0.497. The van der Waals surface area contributed by atoms with E-state index in [4.69, 9.17) is 0 Å². The van der Waals surface area contributed by atoms with Crippen LogP contribution in [0.15, 0.2) is 48.1 Å². The first-order valence-corrected chi connectivity index (χ1v) is 7.92. The molecule has 0 bridgehead atoms. The number of thiazole rings is 1. The lowest BCUT2D eigenvalue weighted by Gasteiger charge is -1.94. The predicted molar refractivity (Wildman–Crippen MR) is 86.7 cm³/mol. The molecule has 23 heavy (non-hydrogen) atoms. The zero-order valence-electron chi connectivity index (χ0n) is 12.4. The van der Waals surface area contributed by atoms with Gasteiger partial charge in [0.2, 0.25) is 5.82 Å². The Morgan fingerprint density at radius 3 is 2.78 bits per heavy atom. The maximum atomic E-state index is 4.61. The lowest BCUT2D eigenvalue weighted by atomic mass is 10.2. The van der Waals surface area contributed by atoms with Crippen molar-refractivity contribution in [2.24, 2.45) is 7.05 Å². The molecule has 0 aliphatic carbocycles. The second-order valence-corrected chi connectivity index (χ2v) is 5.91. The van der Waals surface area contributed by atoms with Crippen molar-refractivity contribution in [3.63, 3.8) is 0 Å². The summed E-state index contributed by atoms with van der Waals surface area (Å²) in [5.74, 6) is 0.619. The normalized spacial score (nSPS) is 11.0. The first-order valence-electron chi connectivity index (χ1n) is 7.04. The minimum Gasteiger partial charge on any atom is -0.275 e. The van der Waals surface area contributed by atoms with E-state index in [2.05, 4.69) is 25.5 Å². The molecule has 0 fully saturated rings. The Hall–Kier alpha value is -2.87. The molecule has 0 radical (unpaired) electrons. The Labute approximate surface area is 136 Å². The van der Waals surface area contributed by atoms with Gasteiger partial charge in [0.15, 0.2) is 0 Å². The zero-order chi connectivity index (χ0) is 15.6. The average molecular weight is 323 g/mol. The van der Waals surface area contributed by atoms with Crippen LogP contribution in [0.3, 0.4) is 0 Å². The fourth-order valence-electron chi connectivity index (χ4n) is 2.20. The Balaban J connectivity index is 1.53. The van der Waals surface area contributed by atoms with E-state index in [0.29, 0.717) is 12.4 Å². The van der Waals surface area contributed by atoms with Gasteiger partial charge in [-0.3, -0.25) is 4.68 Å². The molecule has 0 aliphatic heterocycles. The SMILES string of the molecule is Cn1cc(-c2nc(Cn3nnc(-c4ccccc4)n3)cs2)cn1. The van der Waals surface area contributed by atoms with Gasteiger partial charge in [0.05, 0.1) is 11.9 Å². The van der Waals surface area contributed by atoms with E-state index in [1.54, 1.807) is 20.8 Å². The summed E-state index contributed by atoms with van der Waals surface area (Å²) in [7, 11) is 1.89. The first kappa shape index (κ1) is 13.8. The molecule has 3 aromatic heterocycles. The van der Waals surface area contributed by atoms with Crippen molar-refractivity contribution in [3.8, 4) is 22.0 Å². The summed E-state index contributed by atoms with van der Waals surface area (Å²) in [6.45, 7) is 0.497. The van der Waals surface area contributed by atoms with Crippen LogP contribution in [-0.4, -0.2) is 35.0 Å². The second-order valence-electron chi connectivity index (χ2n) is 5.06. The molecule has 0 unspecified atom stereocenters. The lowest BCUT2D eigenvalue weighted by molar-refractivity contribution is 0.566. The van der Waals surface area contributed by atoms with Crippen molar-refractivity contribution < 1.29 is 0 Å². The Morgan fingerprint density at radius 2 is 2.00 bits per heavy atom. The standard InChI is InChI=1S/C15H13N7S/c1-21-8-12(7-16-21)15-17-13(10-23-15)9-22-19-14(18-20-22)11-5-3-2-4-6-11/h2-8,10H,9H2,1H3. The molecule has 0 spiro atoms. The van der Waals surface area contributed by atoms with E-state index in [0.717, 1.165) is 21.8 Å². The first-order chi connectivity index (χ1) is 11.3. The maximum absolute atomic E-state index is 4.61. The molecule has 0 aliphatic rings. The van der Waals surface area contributed by atoms with Crippen LogP contribution in [0.1, 0.15) is 5.69 Å². The van der Waals surface area contributed by atoms with Gasteiger partial charge in [-0.15, -0.1) is 21.5 Å². The van der Waals surface area contributed by atoms with Crippen LogP contribution in [0.5, 0.6) is 0 Å². The van der Waals surface area contributed by atoms with Gasteiger partial charge in [0.25, 0.3) is 0 Å². The zero-order valence-corrected chi connectivity index (χ0v) is 13.2. The van der Waals surface area contributed by atoms with E-state index in [-0.39, 0.29) is 0 Å². The van der Waals surface area contributed by atoms with Gasteiger partial charge in [-0.25, -0.2) is 4.98 Å². The number of tetrazole rings is 1. The Kier molecular flexibility index (Phi) is 3.43. The van der Waals surface area contributed by atoms with E-state index < -0.39 is 0 Å². The summed E-state index contributed by atoms with van der Waals surface area (Å²) in [5, 5.41) is 19.7. The fourth-order valence-corrected chi connectivity index (χ4v) is 2.99. The quantitative estimate of drug-likeness (QED) is 0.576. The molecule has 8 heteroatoms. The molecule has 3 heterocycles. The highest BCUT2D eigenvalue weighted by Gasteiger charge is 2.10. The molecule has 0 saturated carbocycles. The molecule has 0 atom stereocenters. The highest BCUT2D eigenvalue weighted by molar-refractivity contribution is 7.13. The molecule has 114 valence electrons. The van der Waals surface area contributed by atoms with E-state index in [1.807, 2.05) is 55.2 Å². The van der Waals surface area contributed by atoms with Crippen molar-refractivity contribution in [1.82, 2.24) is 35.0 Å². The number of rotatable bonds is 4. The number of hydrogen-bond acceptors (Lipinski definition) is 6. The second kappa shape index (κ2) is 5.73. The highest BCUT2D eigenvalue weighted by atomic mass is 32.1. The van der Waals surface area contributed by atoms with E-state index >= 15 is 0 Å². The number of aryl methyl sites for hydroxylation is 1. The van der Waals surface area contributed by atoms with Gasteiger partial charge in [-0.2, -0.15) is 9.90 Å². The minimum absolute atomic E-state index is 0.497. The molecule has 4 rings (SSSR count). The summed E-state index contributed by atoms with van der Waals surface area (Å²) >= 11 is 1.58. The van der Waals surface area contributed by atoms with E-state index in [9.17, 15) is 0 Å². The molecular formula is C15H13N7S. The fraction of sp³-hybridized carbons (Fsp3) is 0.133. The van der Waals surface area contributed by atoms with Crippen molar-refractivity contribution in [3.05, 3.63) is 53.8 Å². The molecule has 4 aromatic rings. The summed E-state index contributed by atoms with van der Waals surface area (Å²) in [5.41, 5.74) is 2.87. The van der Waals surface area contributed by atoms with Crippen molar-refractivity contribution in [2.75, 3.05) is 0 Å². The van der Waals surface area contributed by atoms with Crippen LogP contribution in [0, 0.1) is 0 Å². The third-order valence-corrected chi connectivity index (χ3v) is 4.23. The lowest BCUT2D eigenvalue weighted by Crippen LogP contribution is -2.04. The summed E-state index contributed by atoms with van der Waals surface area (Å²) in [6, 6.07) is 9.80. The van der Waals surface area contributed by atoms with Crippen molar-refractivity contribution in [1.29, 1.82) is 0 Å². The van der Waals surface area contributed by atoms with Gasteiger partial charge in [-0.1, -0.05) is 30.3 Å².